The number of nitrogens with one attached hydrogen (secondary N) is 1. The number of nitrogens with zero attached hydrogens (tertiary/aromatic N) is 4. The summed E-state index contributed by atoms with van der Waals surface area (Å²) in [5.41, 5.74) is 1.39. The third kappa shape index (κ3) is 3.01. The summed E-state index contributed by atoms with van der Waals surface area (Å²) in [5.74, 6) is 0.277. The molecule has 1 aromatic carbocycles. The molecule has 0 aliphatic carbocycles. The van der Waals surface area contributed by atoms with Crippen LogP contribution in [-0.2, 0) is 18.3 Å². The van der Waals surface area contributed by atoms with E-state index in [-0.39, 0.29) is 28.3 Å². The average Bonchev–Trinajstić information content (AvgIpc) is 3.43. The van der Waals surface area contributed by atoms with Crippen molar-refractivity contribution in [2.75, 3.05) is 6.61 Å². The summed E-state index contributed by atoms with van der Waals surface area (Å²) >= 11 is 3.30. The van der Waals surface area contributed by atoms with Crippen LogP contribution in [0.25, 0.3) is 28.2 Å². The first-order valence-electron chi connectivity index (χ1n) is 9.56. The summed E-state index contributed by atoms with van der Waals surface area (Å²) in [7, 11) is -4.27. The monoisotopic (exact) mass is 523 g/mol. The van der Waals surface area contributed by atoms with Crippen LogP contribution in [0.1, 0.15) is 6.23 Å². The minimum Gasteiger partial charge on any atom is -0.386 e. The van der Waals surface area contributed by atoms with Gasteiger partial charge < -0.3 is 19.7 Å². The number of rotatable bonds is 2. The molecular formula is C18H15BrN5O7P. The highest BCUT2D eigenvalue weighted by atomic mass is 79.9. The van der Waals surface area contributed by atoms with E-state index in [4.69, 9.17) is 13.8 Å². The molecule has 166 valence electrons. The maximum atomic E-state index is 13.1. The zero-order valence-corrected chi connectivity index (χ0v) is 18.5. The van der Waals surface area contributed by atoms with Gasteiger partial charge >= 0.3 is 7.82 Å². The lowest BCUT2D eigenvalue weighted by Gasteiger charge is -2.27. The molecule has 2 saturated heterocycles. The van der Waals surface area contributed by atoms with Gasteiger partial charge in [-0.25, -0.2) is 13.9 Å². The number of phosphoric acid groups is 1. The molecule has 0 amide bonds. The Morgan fingerprint density at radius 2 is 2.03 bits per heavy atom. The quantitative estimate of drug-likeness (QED) is 0.262. The fourth-order valence-corrected chi connectivity index (χ4v) is 5.55. The number of aromatic amines is 1. The lowest BCUT2D eigenvalue weighted by molar-refractivity contribution is -0.0669. The van der Waals surface area contributed by atoms with Crippen molar-refractivity contribution in [3.05, 3.63) is 51.6 Å². The Morgan fingerprint density at radius 3 is 2.81 bits per heavy atom. The number of aromatic nitrogens is 5. The number of hydrogen-bond donors (Lipinski definition) is 3. The third-order valence-electron chi connectivity index (χ3n) is 5.51. The summed E-state index contributed by atoms with van der Waals surface area (Å²) in [6.07, 6.45) is -2.64. The molecule has 14 heteroatoms. The molecule has 3 aromatic heterocycles. The third-order valence-corrected chi connectivity index (χ3v) is 7.06. The van der Waals surface area contributed by atoms with Crippen LogP contribution < -0.4 is 5.56 Å². The molecule has 6 rings (SSSR count). The van der Waals surface area contributed by atoms with Gasteiger partial charge in [0.1, 0.15) is 18.3 Å². The van der Waals surface area contributed by atoms with E-state index in [0.717, 1.165) is 5.56 Å². The van der Waals surface area contributed by atoms with E-state index in [1.807, 2.05) is 30.3 Å². The molecule has 4 unspecified atom stereocenters. The molecule has 5 atom stereocenters. The molecule has 5 heterocycles. The molecule has 12 nitrogen and oxygen atoms in total. The second-order valence-corrected chi connectivity index (χ2v) is 9.57. The van der Waals surface area contributed by atoms with Crippen molar-refractivity contribution in [1.29, 1.82) is 0 Å². The van der Waals surface area contributed by atoms with Crippen LogP contribution in [0.5, 0.6) is 0 Å². The fourth-order valence-electron chi connectivity index (χ4n) is 4.04. The number of imidazole rings is 2. The zero-order valence-electron chi connectivity index (χ0n) is 16.0. The second-order valence-electron chi connectivity index (χ2n) is 7.46. The number of aliphatic hydroxyl groups excluding tert-OH is 1. The second kappa shape index (κ2) is 7.06. The Morgan fingerprint density at radius 1 is 1.25 bits per heavy atom. The van der Waals surface area contributed by atoms with Gasteiger partial charge in [0, 0.05) is 6.20 Å². The normalized spacial score (nSPS) is 30.2. The molecule has 0 radical (unpaired) electrons. The SMILES string of the molecule is O=c1c2nc(Br)n(C3OC4COP(=O)(O)OC4[C@@H]3O)c2nc2[nH]c(-c3ccccc3)cn12. The van der Waals surface area contributed by atoms with Gasteiger partial charge in [-0.05, 0) is 21.5 Å². The van der Waals surface area contributed by atoms with Gasteiger partial charge in [0.2, 0.25) is 5.78 Å². The molecule has 4 aromatic rings. The van der Waals surface area contributed by atoms with Crippen molar-refractivity contribution >= 4 is 40.7 Å². The van der Waals surface area contributed by atoms with Crippen molar-refractivity contribution in [2.24, 2.45) is 0 Å². The van der Waals surface area contributed by atoms with Crippen molar-refractivity contribution in [2.45, 2.75) is 24.5 Å². The number of aliphatic hydroxyl groups is 1. The highest BCUT2D eigenvalue weighted by molar-refractivity contribution is 9.10. The largest absolute Gasteiger partial charge is 0.472 e. The number of benzene rings is 1. The van der Waals surface area contributed by atoms with Crippen LogP contribution in [-0.4, -0.2) is 58.8 Å². The Labute approximate surface area is 187 Å². The molecule has 0 bridgehead atoms. The maximum absolute atomic E-state index is 13.1. The van der Waals surface area contributed by atoms with Crippen LogP contribution in [0.4, 0.5) is 0 Å². The number of phosphoric ester groups is 1. The molecule has 2 fully saturated rings. The molecule has 0 saturated carbocycles. The van der Waals surface area contributed by atoms with Gasteiger partial charge in [-0.2, -0.15) is 4.98 Å². The van der Waals surface area contributed by atoms with Crippen molar-refractivity contribution in [3.63, 3.8) is 0 Å². The number of hydrogen-bond acceptors (Lipinski definition) is 8. The van der Waals surface area contributed by atoms with Crippen LogP contribution in [0.2, 0.25) is 0 Å². The maximum Gasteiger partial charge on any atom is 0.472 e. The summed E-state index contributed by atoms with van der Waals surface area (Å²) < 4.78 is 30.3. The number of H-pyrrole nitrogens is 1. The first-order chi connectivity index (χ1) is 15.3. The van der Waals surface area contributed by atoms with Crippen LogP contribution in [0.3, 0.4) is 0 Å². The van der Waals surface area contributed by atoms with Crippen molar-refractivity contribution < 1.29 is 28.3 Å². The highest BCUT2D eigenvalue weighted by Gasteiger charge is 2.53. The zero-order chi connectivity index (χ0) is 22.2. The topological polar surface area (TPSA) is 153 Å². The first kappa shape index (κ1) is 20.2. The van der Waals surface area contributed by atoms with E-state index in [9.17, 15) is 19.4 Å². The van der Waals surface area contributed by atoms with E-state index < -0.39 is 37.9 Å². The van der Waals surface area contributed by atoms with Crippen LogP contribution >= 0.6 is 23.8 Å². The molecule has 0 spiro atoms. The number of halogens is 1. The van der Waals surface area contributed by atoms with Gasteiger partial charge in [0.15, 0.2) is 22.1 Å². The summed E-state index contributed by atoms with van der Waals surface area (Å²) in [6.45, 7) is -0.229. The van der Waals surface area contributed by atoms with Gasteiger partial charge in [-0.15, -0.1) is 0 Å². The van der Waals surface area contributed by atoms with Gasteiger partial charge in [-0.3, -0.25) is 18.4 Å². The Balaban J connectivity index is 1.48. The van der Waals surface area contributed by atoms with Crippen molar-refractivity contribution in [3.8, 4) is 11.3 Å². The Bertz CT molecular complexity index is 1470. The lowest BCUT2D eigenvalue weighted by Crippen LogP contribution is -2.39. The number of ether oxygens (including phenoxy) is 1. The van der Waals surface area contributed by atoms with E-state index >= 15 is 0 Å². The lowest BCUT2D eigenvalue weighted by atomic mass is 10.1. The molecule has 3 N–H and O–H groups in total. The van der Waals surface area contributed by atoms with Crippen LogP contribution in [0, 0.1) is 0 Å². The van der Waals surface area contributed by atoms with E-state index in [1.165, 1.54) is 8.97 Å². The van der Waals surface area contributed by atoms with E-state index in [1.54, 1.807) is 6.20 Å². The average molecular weight is 524 g/mol. The predicted octanol–water partition coefficient (Wildman–Crippen LogP) is 1.58. The number of fused-ring (bicyclic) bond motifs is 3. The first-order valence-corrected chi connectivity index (χ1v) is 11.8. The molecule has 32 heavy (non-hydrogen) atoms. The standard InChI is InChI=1S/C18H15BrN5O7P/c19-17-21-11-14(24(17)16-12(25)13-10(30-16)7-29-32(27,28)31-13)22-18-20-9(6-23(18)15(11)26)8-4-2-1-3-5-8/h1-6,10,12-13,16,25H,7H2,(H,20,22)(H,27,28)/t10?,12-,13?,16?/m0/s1. The predicted molar refractivity (Wildman–Crippen MR) is 113 cm³/mol. The Hall–Kier alpha value is -2.38. The summed E-state index contributed by atoms with van der Waals surface area (Å²) in [6, 6.07) is 9.46. The van der Waals surface area contributed by atoms with Gasteiger partial charge in [0.05, 0.1) is 12.3 Å². The minimum absolute atomic E-state index is 0.0589. The van der Waals surface area contributed by atoms with Gasteiger partial charge in [0.25, 0.3) is 5.56 Å². The summed E-state index contributed by atoms with van der Waals surface area (Å²) in [4.78, 5) is 34.6. The van der Waals surface area contributed by atoms with Crippen LogP contribution in [0.15, 0.2) is 46.1 Å². The van der Waals surface area contributed by atoms with E-state index in [0.29, 0.717) is 5.69 Å². The summed E-state index contributed by atoms with van der Waals surface area (Å²) in [5, 5.41) is 10.8. The molecular weight excluding hydrogens is 509 g/mol. The van der Waals surface area contributed by atoms with E-state index in [2.05, 4.69) is 30.9 Å². The molecule has 2 aliphatic heterocycles. The molecule has 2 aliphatic rings. The Kier molecular flexibility index (Phi) is 4.46. The highest BCUT2D eigenvalue weighted by Crippen LogP contribution is 2.52. The minimum atomic E-state index is -4.27. The smallest absolute Gasteiger partial charge is 0.386 e. The fraction of sp³-hybridized carbons (Fsp3) is 0.278. The van der Waals surface area contributed by atoms with Gasteiger partial charge in [-0.1, -0.05) is 30.3 Å². The van der Waals surface area contributed by atoms with Crippen molar-refractivity contribution in [1.82, 2.24) is 23.9 Å².